The number of aryl methyl sites for hydroxylation is 1. The zero-order valence-corrected chi connectivity index (χ0v) is 21.6. The average molecular weight is 511 g/mol. The molecule has 1 N–H and O–H groups in total. The van der Waals surface area contributed by atoms with E-state index < -0.39 is 6.10 Å². The number of ether oxygens (including phenoxy) is 1. The fourth-order valence-corrected chi connectivity index (χ4v) is 5.99. The molecule has 1 fully saturated rings. The van der Waals surface area contributed by atoms with Crippen LogP contribution in [0.15, 0.2) is 88.1 Å². The number of aliphatic hydroxyl groups is 1. The minimum atomic E-state index is -0.608. The Labute approximate surface area is 223 Å². The van der Waals surface area contributed by atoms with Crippen LogP contribution in [0.1, 0.15) is 34.7 Å². The molecule has 6 rings (SSSR count). The summed E-state index contributed by atoms with van der Waals surface area (Å²) < 4.78 is 11.5. The van der Waals surface area contributed by atoms with Crippen LogP contribution in [0.3, 0.4) is 0 Å². The van der Waals surface area contributed by atoms with Gasteiger partial charge in [-0.15, -0.1) is 0 Å². The lowest BCUT2D eigenvalue weighted by Gasteiger charge is -2.40. The maximum atomic E-state index is 12.3. The van der Waals surface area contributed by atoms with Gasteiger partial charge in [0, 0.05) is 49.7 Å². The summed E-state index contributed by atoms with van der Waals surface area (Å²) in [4.78, 5) is 17.1. The molecule has 1 saturated heterocycles. The first-order valence-electron chi connectivity index (χ1n) is 13.6. The number of hydrogen-bond donors (Lipinski definition) is 1. The maximum absolute atomic E-state index is 12.3. The van der Waals surface area contributed by atoms with E-state index in [0.717, 1.165) is 62.0 Å². The van der Waals surface area contributed by atoms with E-state index in [1.807, 2.05) is 12.1 Å². The summed E-state index contributed by atoms with van der Waals surface area (Å²) in [7, 11) is 0. The highest BCUT2D eigenvalue weighted by atomic mass is 16.5. The van der Waals surface area contributed by atoms with Crippen molar-refractivity contribution < 1.29 is 14.3 Å². The third kappa shape index (κ3) is 5.25. The minimum absolute atomic E-state index is 0.192. The van der Waals surface area contributed by atoms with Gasteiger partial charge in [-0.3, -0.25) is 9.80 Å². The number of aliphatic hydroxyl groups excluding tert-OH is 1. The number of β-amino-alcohol motifs (C(OH)–C–C–N with tert-alkyl or cyclic N) is 1. The molecular weight excluding hydrogens is 476 g/mol. The molecule has 1 atom stereocenters. The SMILES string of the molecule is O=c1oc2cc(OC[C@H](O)CN3CCN(C(c4ccccc4)c4ccccc4)CC3)ccc2c2c1CCC2. The lowest BCUT2D eigenvalue weighted by Crippen LogP contribution is -2.50. The molecule has 0 bridgehead atoms. The highest BCUT2D eigenvalue weighted by molar-refractivity contribution is 5.83. The largest absolute Gasteiger partial charge is 0.491 e. The van der Waals surface area contributed by atoms with Gasteiger partial charge in [-0.25, -0.2) is 4.79 Å². The first-order valence-corrected chi connectivity index (χ1v) is 13.6. The second-order valence-corrected chi connectivity index (χ2v) is 10.4. The standard InChI is InChI=1S/C32H34N2O4/c35-25(22-37-26-14-15-28-27-12-7-13-29(27)32(36)38-30(28)20-26)21-33-16-18-34(19-17-33)31(23-8-3-1-4-9-23)24-10-5-2-6-11-24/h1-6,8-11,14-15,20,25,31,35H,7,12-13,16-19,21-22H2/t25-/m1/s1. The van der Waals surface area contributed by atoms with Crippen LogP contribution < -0.4 is 10.4 Å². The molecule has 1 aliphatic carbocycles. The van der Waals surface area contributed by atoms with Crippen molar-refractivity contribution in [3.63, 3.8) is 0 Å². The summed E-state index contributed by atoms with van der Waals surface area (Å²) in [5.41, 5.74) is 4.87. The Kier molecular flexibility index (Phi) is 7.27. The number of piperazine rings is 1. The summed E-state index contributed by atoms with van der Waals surface area (Å²) in [5, 5.41) is 11.7. The van der Waals surface area contributed by atoms with E-state index in [-0.39, 0.29) is 18.3 Å². The second-order valence-electron chi connectivity index (χ2n) is 10.4. The molecule has 0 unspecified atom stereocenters. The van der Waals surface area contributed by atoms with Crippen LogP contribution in [-0.4, -0.2) is 60.3 Å². The minimum Gasteiger partial charge on any atom is -0.491 e. The predicted molar refractivity (Wildman–Crippen MR) is 149 cm³/mol. The summed E-state index contributed by atoms with van der Waals surface area (Å²) in [6.45, 7) is 4.38. The first kappa shape index (κ1) is 24.9. The van der Waals surface area contributed by atoms with E-state index in [0.29, 0.717) is 17.9 Å². The van der Waals surface area contributed by atoms with Crippen LogP contribution in [-0.2, 0) is 12.8 Å². The summed E-state index contributed by atoms with van der Waals surface area (Å²) in [6, 6.07) is 27.2. The van der Waals surface area contributed by atoms with Gasteiger partial charge in [0.1, 0.15) is 24.0 Å². The summed E-state index contributed by atoms with van der Waals surface area (Å²) in [6.07, 6.45) is 2.10. The molecule has 4 aromatic rings. The van der Waals surface area contributed by atoms with Gasteiger partial charge in [0.2, 0.25) is 0 Å². The monoisotopic (exact) mass is 510 g/mol. The van der Waals surface area contributed by atoms with Gasteiger partial charge in [-0.2, -0.15) is 0 Å². The van der Waals surface area contributed by atoms with E-state index >= 15 is 0 Å². The molecule has 1 aliphatic heterocycles. The Morgan fingerprint density at radius 2 is 1.50 bits per heavy atom. The molecular formula is C32H34N2O4. The van der Waals surface area contributed by atoms with E-state index in [2.05, 4.69) is 70.5 Å². The molecule has 1 aromatic heterocycles. The average Bonchev–Trinajstić information content (AvgIpc) is 3.45. The van der Waals surface area contributed by atoms with E-state index in [9.17, 15) is 9.90 Å². The van der Waals surface area contributed by atoms with Crippen molar-refractivity contribution in [3.8, 4) is 5.75 Å². The van der Waals surface area contributed by atoms with Crippen LogP contribution in [0, 0.1) is 0 Å². The van der Waals surface area contributed by atoms with Gasteiger partial charge in [0.05, 0.1) is 6.04 Å². The molecule has 6 heteroatoms. The van der Waals surface area contributed by atoms with Crippen LogP contribution >= 0.6 is 0 Å². The number of benzene rings is 3. The summed E-state index contributed by atoms with van der Waals surface area (Å²) >= 11 is 0. The molecule has 2 aliphatic rings. The Bertz CT molecular complexity index is 1390. The smallest absolute Gasteiger partial charge is 0.339 e. The van der Waals surface area contributed by atoms with Gasteiger partial charge in [-0.1, -0.05) is 60.7 Å². The number of nitrogens with zero attached hydrogens (tertiary/aromatic N) is 2. The van der Waals surface area contributed by atoms with Crippen molar-refractivity contribution in [2.45, 2.75) is 31.4 Å². The van der Waals surface area contributed by atoms with Crippen molar-refractivity contribution in [2.24, 2.45) is 0 Å². The molecule has 6 nitrogen and oxygen atoms in total. The molecule has 0 amide bonds. The molecule has 0 radical (unpaired) electrons. The third-order valence-corrected chi connectivity index (χ3v) is 7.86. The topological polar surface area (TPSA) is 66.2 Å². The van der Waals surface area contributed by atoms with E-state index in [1.165, 1.54) is 11.1 Å². The highest BCUT2D eigenvalue weighted by Gasteiger charge is 2.27. The van der Waals surface area contributed by atoms with Crippen molar-refractivity contribution in [3.05, 3.63) is 112 Å². The van der Waals surface area contributed by atoms with Crippen molar-refractivity contribution in [1.82, 2.24) is 9.80 Å². The molecule has 0 spiro atoms. The van der Waals surface area contributed by atoms with Gasteiger partial charge in [-0.05, 0) is 48.1 Å². The zero-order valence-electron chi connectivity index (χ0n) is 21.6. The zero-order chi connectivity index (χ0) is 25.9. The number of fused-ring (bicyclic) bond motifs is 3. The van der Waals surface area contributed by atoms with Gasteiger partial charge in [0.25, 0.3) is 0 Å². The van der Waals surface area contributed by atoms with Crippen LogP contribution in [0.2, 0.25) is 0 Å². The van der Waals surface area contributed by atoms with Crippen LogP contribution in [0.5, 0.6) is 5.75 Å². The molecule has 0 saturated carbocycles. The number of rotatable bonds is 8. The molecule has 2 heterocycles. The Hall–Kier alpha value is -3.45. The molecule has 3 aromatic carbocycles. The Balaban J connectivity index is 1.05. The summed E-state index contributed by atoms with van der Waals surface area (Å²) in [5.74, 6) is 0.607. The van der Waals surface area contributed by atoms with Crippen molar-refractivity contribution in [2.75, 3.05) is 39.3 Å². The van der Waals surface area contributed by atoms with Gasteiger partial charge >= 0.3 is 5.63 Å². The van der Waals surface area contributed by atoms with Gasteiger partial charge < -0.3 is 14.3 Å². The maximum Gasteiger partial charge on any atom is 0.339 e. The van der Waals surface area contributed by atoms with Crippen molar-refractivity contribution in [1.29, 1.82) is 0 Å². The number of hydrogen-bond acceptors (Lipinski definition) is 6. The van der Waals surface area contributed by atoms with Crippen LogP contribution in [0.4, 0.5) is 0 Å². The fourth-order valence-electron chi connectivity index (χ4n) is 5.99. The van der Waals surface area contributed by atoms with E-state index in [4.69, 9.17) is 9.15 Å². The lowest BCUT2D eigenvalue weighted by molar-refractivity contribution is 0.0401. The Morgan fingerprint density at radius 3 is 2.18 bits per heavy atom. The Morgan fingerprint density at radius 1 is 0.842 bits per heavy atom. The first-order chi connectivity index (χ1) is 18.7. The van der Waals surface area contributed by atoms with E-state index in [1.54, 1.807) is 6.07 Å². The molecule has 196 valence electrons. The normalized spacial score (nSPS) is 17.1. The predicted octanol–water partition coefficient (Wildman–Crippen LogP) is 4.43. The second kappa shape index (κ2) is 11.1. The van der Waals surface area contributed by atoms with Crippen molar-refractivity contribution >= 4 is 11.0 Å². The lowest BCUT2D eigenvalue weighted by atomic mass is 9.96. The highest BCUT2D eigenvalue weighted by Crippen LogP contribution is 2.31. The fraction of sp³-hybridized carbons (Fsp3) is 0.344. The van der Waals surface area contributed by atoms with Gasteiger partial charge in [0.15, 0.2) is 0 Å². The quantitative estimate of drug-likeness (QED) is 0.354. The molecule has 38 heavy (non-hydrogen) atoms. The third-order valence-electron chi connectivity index (χ3n) is 7.86. The van der Waals surface area contributed by atoms with Crippen LogP contribution in [0.25, 0.3) is 11.0 Å².